The number of rotatable bonds is 3. The maximum atomic E-state index is 10.4. The van der Waals surface area contributed by atoms with Gasteiger partial charge in [0.05, 0.1) is 0 Å². The standard InChI is InChI=1S/C9H12N2O2/c1-11(9(12)13)7-5-8-4-2-3-6-10-8/h2-4,6H,5,7H2,1H3,(H,12,13). The average molecular weight is 180 g/mol. The lowest BCUT2D eigenvalue weighted by Crippen LogP contribution is -2.27. The van der Waals surface area contributed by atoms with Crippen LogP contribution in [0.3, 0.4) is 0 Å². The van der Waals surface area contributed by atoms with E-state index in [-0.39, 0.29) is 0 Å². The van der Waals surface area contributed by atoms with Crippen LogP contribution in [0.4, 0.5) is 4.79 Å². The van der Waals surface area contributed by atoms with E-state index in [1.54, 1.807) is 13.2 Å². The maximum absolute atomic E-state index is 10.4. The molecule has 0 aliphatic carbocycles. The first-order chi connectivity index (χ1) is 6.20. The third kappa shape index (κ3) is 3.11. The van der Waals surface area contributed by atoms with Crippen LogP contribution < -0.4 is 0 Å². The van der Waals surface area contributed by atoms with Crippen LogP contribution in [0.1, 0.15) is 5.69 Å². The lowest BCUT2D eigenvalue weighted by atomic mass is 10.2. The highest BCUT2D eigenvalue weighted by molar-refractivity contribution is 5.64. The van der Waals surface area contributed by atoms with Crippen LogP contribution in [0.25, 0.3) is 0 Å². The zero-order valence-electron chi connectivity index (χ0n) is 7.47. The van der Waals surface area contributed by atoms with Gasteiger partial charge in [-0.15, -0.1) is 0 Å². The molecule has 0 aliphatic rings. The quantitative estimate of drug-likeness (QED) is 0.761. The molecule has 0 spiro atoms. The second-order valence-corrected chi connectivity index (χ2v) is 2.78. The molecule has 0 aliphatic heterocycles. The van der Waals surface area contributed by atoms with Crippen LogP contribution in [0.15, 0.2) is 24.4 Å². The molecular weight excluding hydrogens is 168 g/mol. The molecule has 1 heterocycles. The van der Waals surface area contributed by atoms with Crippen LogP contribution >= 0.6 is 0 Å². The number of amides is 1. The Kier molecular flexibility index (Phi) is 3.25. The van der Waals surface area contributed by atoms with Gasteiger partial charge in [0, 0.05) is 31.9 Å². The number of carbonyl (C=O) groups is 1. The van der Waals surface area contributed by atoms with Crippen molar-refractivity contribution in [2.24, 2.45) is 0 Å². The highest BCUT2D eigenvalue weighted by Gasteiger charge is 2.04. The van der Waals surface area contributed by atoms with Crippen molar-refractivity contribution in [2.45, 2.75) is 6.42 Å². The van der Waals surface area contributed by atoms with E-state index in [9.17, 15) is 4.79 Å². The summed E-state index contributed by atoms with van der Waals surface area (Å²) < 4.78 is 0. The molecule has 0 unspecified atom stereocenters. The van der Waals surface area contributed by atoms with Gasteiger partial charge in [-0.2, -0.15) is 0 Å². The van der Waals surface area contributed by atoms with Crippen molar-refractivity contribution < 1.29 is 9.90 Å². The fourth-order valence-corrected chi connectivity index (χ4v) is 0.924. The van der Waals surface area contributed by atoms with Crippen molar-refractivity contribution in [1.29, 1.82) is 0 Å². The van der Waals surface area contributed by atoms with Crippen LogP contribution in [0.2, 0.25) is 0 Å². The van der Waals surface area contributed by atoms with Crippen molar-refractivity contribution >= 4 is 6.09 Å². The number of aromatic nitrogens is 1. The fraction of sp³-hybridized carbons (Fsp3) is 0.333. The summed E-state index contributed by atoms with van der Waals surface area (Å²) in [5.41, 5.74) is 0.913. The molecule has 13 heavy (non-hydrogen) atoms. The molecule has 0 saturated heterocycles. The predicted octanol–water partition coefficient (Wildman–Crippen LogP) is 1.23. The lowest BCUT2D eigenvalue weighted by molar-refractivity contribution is 0.156. The molecule has 0 radical (unpaired) electrons. The maximum Gasteiger partial charge on any atom is 0.407 e. The summed E-state index contributed by atoms with van der Waals surface area (Å²) in [6.45, 7) is 0.479. The number of likely N-dealkylation sites (N-methyl/N-ethyl adjacent to an activating group) is 1. The molecule has 4 heteroatoms. The molecule has 1 amide bonds. The topological polar surface area (TPSA) is 53.4 Å². The molecule has 0 aromatic carbocycles. The minimum atomic E-state index is -0.907. The molecule has 1 aromatic rings. The van der Waals surface area contributed by atoms with E-state index < -0.39 is 6.09 Å². The Hall–Kier alpha value is -1.58. The van der Waals surface area contributed by atoms with Crippen molar-refractivity contribution in [3.63, 3.8) is 0 Å². The van der Waals surface area contributed by atoms with E-state index in [1.807, 2.05) is 18.2 Å². The fourth-order valence-electron chi connectivity index (χ4n) is 0.924. The van der Waals surface area contributed by atoms with Crippen molar-refractivity contribution in [3.05, 3.63) is 30.1 Å². The van der Waals surface area contributed by atoms with Crippen molar-refractivity contribution in [2.75, 3.05) is 13.6 Å². The van der Waals surface area contributed by atoms with Crippen LogP contribution in [0.5, 0.6) is 0 Å². The number of nitrogens with zero attached hydrogens (tertiary/aromatic N) is 2. The largest absolute Gasteiger partial charge is 0.465 e. The van der Waals surface area contributed by atoms with Gasteiger partial charge in [0.2, 0.25) is 0 Å². The van der Waals surface area contributed by atoms with Crippen LogP contribution in [0, 0.1) is 0 Å². The number of pyridine rings is 1. The van der Waals surface area contributed by atoms with Gasteiger partial charge in [0.1, 0.15) is 0 Å². The lowest BCUT2D eigenvalue weighted by Gasteiger charge is -2.11. The molecule has 1 aromatic heterocycles. The van der Waals surface area contributed by atoms with Gasteiger partial charge in [-0.3, -0.25) is 4.98 Å². The Balaban J connectivity index is 2.39. The first kappa shape index (κ1) is 9.51. The Morgan fingerprint density at radius 1 is 1.62 bits per heavy atom. The Morgan fingerprint density at radius 2 is 2.38 bits per heavy atom. The Morgan fingerprint density at radius 3 is 2.92 bits per heavy atom. The van der Waals surface area contributed by atoms with E-state index in [0.717, 1.165) is 5.69 Å². The zero-order chi connectivity index (χ0) is 9.68. The first-order valence-electron chi connectivity index (χ1n) is 4.04. The number of carboxylic acid groups (broad SMARTS) is 1. The third-order valence-electron chi connectivity index (χ3n) is 1.76. The van der Waals surface area contributed by atoms with Gasteiger partial charge in [-0.1, -0.05) is 6.07 Å². The monoisotopic (exact) mass is 180 g/mol. The van der Waals surface area contributed by atoms with E-state index >= 15 is 0 Å². The van der Waals surface area contributed by atoms with Gasteiger partial charge in [0.25, 0.3) is 0 Å². The predicted molar refractivity (Wildman–Crippen MR) is 48.6 cm³/mol. The summed E-state index contributed by atoms with van der Waals surface area (Å²) in [4.78, 5) is 15.8. The number of hydrogen-bond acceptors (Lipinski definition) is 2. The summed E-state index contributed by atoms with van der Waals surface area (Å²) >= 11 is 0. The number of hydrogen-bond donors (Lipinski definition) is 1. The van der Waals surface area contributed by atoms with Crippen molar-refractivity contribution in [3.8, 4) is 0 Å². The smallest absolute Gasteiger partial charge is 0.407 e. The van der Waals surface area contributed by atoms with Crippen LogP contribution in [-0.4, -0.2) is 34.7 Å². The van der Waals surface area contributed by atoms with Gasteiger partial charge in [-0.25, -0.2) is 4.79 Å². The first-order valence-corrected chi connectivity index (χ1v) is 4.04. The molecule has 0 saturated carbocycles. The normalized spacial score (nSPS) is 9.62. The van der Waals surface area contributed by atoms with Gasteiger partial charge in [-0.05, 0) is 12.1 Å². The summed E-state index contributed by atoms with van der Waals surface area (Å²) in [5, 5.41) is 8.57. The second-order valence-electron chi connectivity index (χ2n) is 2.78. The average Bonchev–Trinajstić information content (AvgIpc) is 2.15. The summed E-state index contributed by atoms with van der Waals surface area (Å²) in [6, 6.07) is 5.61. The van der Waals surface area contributed by atoms with Gasteiger partial charge in [0.15, 0.2) is 0 Å². The molecule has 0 fully saturated rings. The third-order valence-corrected chi connectivity index (χ3v) is 1.76. The van der Waals surface area contributed by atoms with E-state index in [0.29, 0.717) is 13.0 Å². The second kappa shape index (κ2) is 4.45. The molecule has 1 N–H and O–H groups in total. The highest BCUT2D eigenvalue weighted by atomic mass is 16.4. The minimum absolute atomic E-state index is 0.479. The van der Waals surface area contributed by atoms with E-state index in [2.05, 4.69) is 4.98 Å². The van der Waals surface area contributed by atoms with E-state index in [1.165, 1.54) is 4.90 Å². The summed E-state index contributed by atoms with van der Waals surface area (Å²) in [6.07, 6.45) is 1.45. The molecular formula is C9H12N2O2. The highest BCUT2D eigenvalue weighted by Crippen LogP contribution is 1.96. The van der Waals surface area contributed by atoms with Crippen LogP contribution in [-0.2, 0) is 6.42 Å². The molecule has 1 rings (SSSR count). The van der Waals surface area contributed by atoms with E-state index in [4.69, 9.17) is 5.11 Å². The van der Waals surface area contributed by atoms with Crippen molar-refractivity contribution in [1.82, 2.24) is 9.88 Å². The molecule has 0 atom stereocenters. The summed E-state index contributed by atoms with van der Waals surface area (Å²) in [7, 11) is 1.55. The summed E-state index contributed by atoms with van der Waals surface area (Å²) in [5.74, 6) is 0. The molecule has 0 bridgehead atoms. The van der Waals surface area contributed by atoms with Gasteiger partial charge < -0.3 is 10.0 Å². The van der Waals surface area contributed by atoms with Gasteiger partial charge >= 0.3 is 6.09 Å². The molecule has 4 nitrogen and oxygen atoms in total. The SMILES string of the molecule is CN(CCc1ccccn1)C(=O)O. The Labute approximate surface area is 76.8 Å². The minimum Gasteiger partial charge on any atom is -0.465 e. The molecule has 70 valence electrons. The Bertz CT molecular complexity index is 274. The zero-order valence-corrected chi connectivity index (χ0v) is 7.47.